The van der Waals surface area contributed by atoms with Gasteiger partial charge < -0.3 is 14.5 Å². The molecule has 7 rings (SSSR count). The second-order valence-corrected chi connectivity index (χ2v) is 18.1. The maximum atomic E-state index is 16.9. The number of hydrogen-bond donors (Lipinski definition) is 1. The monoisotopic (exact) mass is 777 g/mol. The molecule has 5 aliphatic rings. The van der Waals surface area contributed by atoms with Crippen LogP contribution in [0.3, 0.4) is 0 Å². The fourth-order valence-corrected chi connectivity index (χ4v) is 10.2. The molecule has 0 radical (unpaired) electrons. The smallest absolute Gasteiger partial charge is 0.272 e. The summed E-state index contributed by atoms with van der Waals surface area (Å²) >= 11 is 6.44. The van der Waals surface area contributed by atoms with Crippen LogP contribution >= 0.6 is 11.6 Å². The van der Waals surface area contributed by atoms with E-state index in [1.54, 1.807) is 37.1 Å². The Bertz CT molecular complexity index is 1910. The lowest BCUT2D eigenvalue weighted by Gasteiger charge is -2.45. The van der Waals surface area contributed by atoms with Crippen molar-refractivity contribution < 1.29 is 35.9 Å². The van der Waals surface area contributed by atoms with Gasteiger partial charge in [-0.3, -0.25) is 19.4 Å². The Labute approximate surface area is 314 Å². The van der Waals surface area contributed by atoms with Crippen molar-refractivity contribution in [2.24, 2.45) is 5.92 Å². The van der Waals surface area contributed by atoms with Crippen molar-refractivity contribution in [3.05, 3.63) is 70.0 Å². The number of nitrogens with zero attached hydrogens (tertiary/aromatic N) is 4. The van der Waals surface area contributed by atoms with Gasteiger partial charge in [-0.1, -0.05) is 30.7 Å². The fourth-order valence-electron chi connectivity index (χ4n) is 8.69. The van der Waals surface area contributed by atoms with Crippen LogP contribution in [0.1, 0.15) is 67.4 Å². The number of benzene rings is 2. The number of rotatable bonds is 4. The number of carbonyl (C=O) groups is 2. The summed E-state index contributed by atoms with van der Waals surface area (Å²) < 4.78 is 79.7. The lowest BCUT2D eigenvalue weighted by Crippen LogP contribution is -2.59. The standard InChI is InChI=1S/C38H47ClF3N5O5S/c1-24-8-12-30(40)34(36(49)44(3)16-17-45-21-38(41,42)22-45)46-15-5-7-33(46)47-20-37(14-4-6-26-18-28(39)10-11-29(26)37)23-52-32-13-9-27(19-31(32)47)35(48)43-53(50,51)25(24)2/h9-13,18-19,24-25,33-34H,4-8,14-17,20-23H2,1-3H3,(H,43,48)/b30-12-/t24-,25+,33+,34+,37-/m0/s1. The number of ether oxygens (including phenoxy) is 1. The number of hydrogen-bond acceptors (Lipinski definition) is 8. The first kappa shape index (κ1) is 38.0. The molecule has 1 spiro atoms. The van der Waals surface area contributed by atoms with E-state index in [4.69, 9.17) is 16.3 Å². The highest BCUT2D eigenvalue weighted by Crippen LogP contribution is 2.47. The van der Waals surface area contributed by atoms with Crippen LogP contribution < -0.4 is 14.4 Å². The molecule has 1 N–H and O–H groups in total. The summed E-state index contributed by atoms with van der Waals surface area (Å²) in [5, 5.41) is -0.424. The molecule has 288 valence electrons. The van der Waals surface area contributed by atoms with Gasteiger partial charge in [0.1, 0.15) is 17.6 Å². The van der Waals surface area contributed by atoms with Crippen molar-refractivity contribution >= 4 is 39.1 Å². The molecule has 5 atom stereocenters. The first-order valence-corrected chi connectivity index (χ1v) is 20.3. The average Bonchev–Trinajstić information content (AvgIpc) is 3.51. The Kier molecular flexibility index (Phi) is 10.3. The Balaban J connectivity index is 1.33. The van der Waals surface area contributed by atoms with Crippen molar-refractivity contribution in [1.82, 2.24) is 19.4 Å². The predicted molar refractivity (Wildman–Crippen MR) is 197 cm³/mol. The highest BCUT2D eigenvalue weighted by atomic mass is 35.5. The lowest BCUT2D eigenvalue weighted by molar-refractivity contribution is -0.140. The minimum atomic E-state index is -4.18. The molecule has 53 heavy (non-hydrogen) atoms. The zero-order chi connectivity index (χ0) is 37.9. The molecule has 2 amide bonds. The molecule has 2 fully saturated rings. The van der Waals surface area contributed by atoms with Gasteiger partial charge in [-0.25, -0.2) is 26.3 Å². The maximum Gasteiger partial charge on any atom is 0.272 e. The number of fused-ring (bicyclic) bond motifs is 5. The second kappa shape index (κ2) is 14.4. The Morgan fingerprint density at radius 3 is 2.64 bits per heavy atom. The number of carbonyl (C=O) groups excluding carboxylic acids is 2. The van der Waals surface area contributed by atoms with Gasteiger partial charge in [0.2, 0.25) is 15.9 Å². The number of allylic oxidation sites excluding steroid dienone is 1. The number of anilines is 1. The van der Waals surface area contributed by atoms with Crippen molar-refractivity contribution in [3.8, 4) is 5.75 Å². The van der Waals surface area contributed by atoms with Crippen molar-refractivity contribution in [1.29, 1.82) is 0 Å². The molecule has 4 heterocycles. The van der Waals surface area contributed by atoms with E-state index in [2.05, 4.69) is 9.62 Å². The van der Waals surface area contributed by atoms with Crippen LogP contribution in [0.2, 0.25) is 5.02 Å². The number of aryl methyl sites for hydroxylation is 1. The van der Waals surface area contributed by atoms with Crippen molar-refractivity contribution in [3.63, 3.8) is 0 Å². The minimum absolute atomic E-state index is 0.00509. The molecule has 0 aromatic heterocycles. The van der Waals surface area contributed by atoms with E-state index >= 15 is 4.39 Å². The van der Waals surface area contributed by atoms with E-state index in [0.29, 0.717) is 49.0 Å². The number of sulfonamides is 1. The summed E-state index contributed by atoms with van der Waals surface area (Å²) in [5.74, 6) is -4.87. The number of nitrogens with one attached hydrogen (secondary N) is 1. The predicted octanol–water partition coefficient (Wildman–Crippen LogP) is 5.35. The molecular formula is C38H47ClF3N5O5S. The third-order valence-corrected chi connectivity index (χ3v) is 14.1. The van der Waals surface area contributed by atoms with Crippen LogP contribution in [0.15, 0.2) is 48.3 Å². The lowest BCUT2D eigenvalue weighted by atomic mass is 9.70. The molecule has 15 heteroatoms. The summed E-state index contributed by atoms with van der Waals surface area (Å²) in [6, 6.07) is 9.40. The van der Waals surface area contributed by atoms with Crippen LogP contribution in [-0.2, 0) is 26.7 Å². The molecule has 1 aliphatic carbocycles. The summed E-state index contributed by atoms with van der Waals surface area (Å²) in [5.41, 5.74) is 2.37. The zero-order valence-corrected chi connectivity index (χ0v) is 31.9. The normalized spacial score (nSPS) is 31.0. The quantitative estimate of drug-likeness (QED) is 0.444. The molecule has 4 aliphatic heterocycles. The average molecular weight is 778 g/mol. The molecule has 2 bridgehead atoms. The number of likely N-dealkylation sites (tertiary alicyclic amines) is 1. The van der Waals surface area contributed by atoms with Crippen LogP contribution in [0.25, 0.3) is 0 Å². The van der Waals surface area contributed by atoms with Gasteiger partial charge in [-0.05, 0) is 92.8 Å². The molecule has 2 saturated heterocycles. The largest absolute Gasteiger partial charge is 0.490 e. The summed E-state index contributed by atoms with van der Waals surface area (Å²) in [6.07, 6.45) is 4.53. The first-order chi connectivity index (χ1) is 25.1. The molecule has 2 aromatic carbocycles. The maximum absolute atomic E-state index is 16.9. The van der Waals surface area contributed by atoms with Gasteiger partial charge >= 0.3 is 0 Å². The summed E-state index contributed by atoms with van der Waals surface area (Å²) in [6.45, 7) is 3.84. The highest BCUT2D eigenvalue weighted by molar-refractivity contribution is 7.90. The van der Waals surface area contributed by atoms with E-state index in [0.717, 1.165) is 30.4 Å². The second-order valence-electron chi connectivity index (χ2n) is 15.6. The van der Waals surface area contributed by atoms with Crippen LogP contribution in [-0.4, -0.2) is 111 Å². The van der Waals surface area contributed by atoms with Crippen molar-refractivity contribution in [2.45, 2.75) is 81.2 Å². The van der Waals surface area contributed by atoms with E-state index in [1.807, 2.05) is 23.1 Å². The van der Waals surface area contributed by atoms with Crippen molar-refractivity contribution in [2.75, 3.05) is 57.8 Å². The topological polar surface area (TPSA) is 102 Å². The van der Waals surface area contributed by atoms with Crippen LogP contribution in [0.4, 0.5) is 18.9 Å². The Morgan fingerprint density at radius 1 is 1.11 bits per heavy atom. The Morgan fingerprint density at radius 2 is 1.89 bits per heavy atom. The van der Waals surface area contributed by atoms with Gasteiger partial charge in [0.05, 0.1) is 36.8 Å². The summed E-state index contributed by atoms with van der Waals surface area (Å²) in [4.78, 5) is 35.0. The number of likely N-dealkylation sites (N-methyl/N-ethyl adjacent to an activating group) is 1. The van der Waals surface area contributed by atoms with E-state index < -0.39 is 62.4 Å². The first-order valence-electron chi connectivity index (χ1n) is 18.4. The minimum Gasteiger partial charge on any atom is -0.490 e. The third kappa shape index (κ3) is 7.40. The molecular weight excluding hydrogens is 731 g/mol. The molecule has 10 nitrogen and oxygen atoms in total. The Hall–Kier alpha value is -3.33. The van der Waals surface area contributed by atoms with Gasteiger partial charge in [0.25, 0.3) is 11.8 Å². The summed E-state index contributed by atoms with van der Waals surface area (Å²) in [7, 11) is -2.62. The molecule has 0 saturated carbocycles. The van der Waals surface area contributed by atoms with Gasteiger partial charge in [0.15, 0.2) is 0 Å². The molecule has 0 unspecified atom stereocenters. The van der Waals surface area contributed by atoms with E-state index in [-0.39, 0.29) is 38.2 Å². The number of amides is 2. The third-order valence-electron chi connectivity index (χ3n) is 11.9. The zero-order valence-electron chi connectivity index (χ0n) is 30.3. The number of halogens is 4. The van der Waals surface area contributed by atoms with E-state index in [1.165, 1.54) is 17.9 Å². The van der Waals surface area contributed by atoms with Crippen LogP contribution in [0, 0.1) is 5.92 Å². The van der Waals surface area contributed by atoms with Crippen LogP contribution in [0.5, 0.6) is 5.75 Å². The highest BCUT2D eigenvalue weighted by Gasteiger charge is 2.48. The fraction of sp³-hybridized carbons (Fsp3) is 0.579. The van der Waals surface area contributed by atoms with Gasteiger partial charge in [-0.2, -0.15) is 0 Å². The van der Waals surface area contributed by atoms with E-state index in [9.17, 15) is 26.8 Å². The SMILES string of the molecule is C[C@@H]1[C@@H](C)C/C=C(\F)[C@H](C(=O)N(C)CCN2CC(F)(F)C2)N2CCC[C@H]2N2C[C@@]3(CCCc4cc(Cl)ccc43)COc3ccc(cc32)C(=O)NS1(=O)=O. The number of alkyl halides is 2. The van der Waals surface area contributed by atoms with Gasteiger partial charge in [-0.15, -0.1) is 0 Å². The molecule has 2 aromatic rings. The van der Waals surface area contributed by atoms with Gasteiger partial charge in [0, 0.05) is 49.2 Å².